The van der Waals surface area contributed by atoms with E-state index in [1.165, 1.54) is 0 Å². The molecule has 1 N–H and O–H groups in total. The van der Waals surface area contributed by atoms with Crippen molar-refractivity contribution in [3.63, 3.8) is 0 Å². The Morgan fingerprint density at radius 1 is 1.19 bits per heavy atom. The van der Waals surface area contributed by atoms with Gasteiger partial charge in [0.25, 0.3) is 0 Å². The van der Waals surface area contributed by atoms with Gasteiger partial charge in [0.1, 0.15) is 6.54 Å². The fourth-order valence-corrected chi connectivity index (χ4v) is 3.66. The van der Waals surface area contributed by atoms with Gasteiger partial charge in [-0.2, -0.15) is 5.10 Å². The number of fused-ring (bicyclic) bond motifs is 1. The van der Waals surface area contributed by atoms with E-state index in [2.05, 4.69) is 10.4 Å². The monoisotopic (exact) mass is 390 g/mol. The first-order chi connectivity index (χ1) is 12.2. The Kier molecular flexibility index (Phi) is 5.81. The molecule has 0 spiro atoms. The van der Waals surface area contributed by atoms with Crippen molar-refractivity contribution >= 4 is 40.8 Å². The Morgan fingerprint density at radius 2 is 1.96 bits per heavy atom. The summed E-state index contributed by atoms with van der Waals surface area (Å²) in [6, 6.07) is 15.6. The third kappa shape index (κ3) is 3.56. The molecule has 1 aliphatic rings. The van der Waals surface area contributed by atoms with Crippen LogP contribution in [0.15, 0.2) is 54.7 Å². The molecule has 0 aliphatic carbocycles. The average Bonchev–Trinajstić information content (AvgIpc) is 3.05. The lowest BCUT2D eigenvalue weighted by atomic mass is 10.0. The zero-order valence-corrected chi connectivity index (χ0v) is 15.7. The van der Waals surface area contributed by atoms with Gasteiger partial charge >= 0.3 is 0 Å². The van der Waals surface area contributed by atoms with Crippen LogP contribution in [0, 0.1) is 0 Å². The smallest absolute Gasteiger partial charge is 0.244 e. The van der Waals surface area contributed by atoms with Crippen molar-refractivity contribution in [1.29, 1.82) is 0 Å². The summed E-state index contributed by atoms with van der Waals surface area (Å²) >= 11 is 6.37. The van der Waals surface area contributed by atoms with Crippen molar-refractivity contribution in [1.82, 2.24) is 20.0 Å². The molecular formula is C19H20Cl2N4O. The van der Waals surface area contributed by atoms with E-state index >= 15 is 0 Å². The maximum absolute atomic E-state index is 13.0. The van der Waals surface area contributed by atoms with Gasteiger partial charge in [-0.15, -0.1) is 12.4 Å². The number of hydrogen-bond acceptors (Lipinski definition) is 3. The Balaban J connectivity index is 0.00000196. The number of piperazine rings is 1. The molecule has 1 amide bonds. The molecule has 26 heavy (non-hydrogen) atoms. The Morgan fingerprint density at radius 3 is 2.81 bits per heavy atom. The molecule has 3 aromatic rings. The fraction of sp³-hybridized carbons (Fsp3) is 0.263. The second-order valence-corrected chi connectivity index (χ2v) is 6.60. The predicted octanol–water partition coefficient (Wildman–Crippen LogP) is 3.28. The van der Waals surface area contributed by atoms with Gasteiger partial charge < -0.3 is 10.2 Å². The normalized spacial score (nSPS) is 17.1. The van der Waals surface area contributed by atoms with Crippen molar-refractivity contribution < 1.29 is 4.79 Å². The summed E-state index contributed by atoms with van der Waals surface area (Å²) in [6.07, 6.45) is 1.80. The van der Waals surface area contributed by atoms with Crippen LogP contribution >= 0.6 is 24.0 Å². The first kappa shape index (κ1) is 18.7. The number of nitrogens with zero attached hydrogens (tertiary/aromatic N) is 3. The molecule has 1 aromatic heterocycles. The SMILES string of the molecule is Cl.O=C(Cn1ncc2ccccc21)N1CCNCC1c1ccccc1Cl. The molecule has 1 atom stereocenters. The number of carbonyl (C=O) groups excluding carboxylic acids is 1. The fourth-order valence-electron chi connectivity index (χ4n) is 3.40. The quantitative estimate of drug-likeness (QED) is 0.746. The van der Waals surface area contributed by atoms with Crippen molar-refractivity contribution in [3.05, 3.63) is 65.3 Å². The number of amides is 1. The van der Waals surface area contributed by atoms with E-state index < -0.39 is 0 Å². The molecule has 5 nitrogen and oxygen atoms in total. The van der Waals surface area contributed by atoms with Crippen LogP contribution in [-0.4, -0.2) is 40.2 Å². The molecule has 136 valence electrons. The molecule has 1 aliphatic heterocycles. The number of aromatic nitrogens is 2. The van der Waals surface area contributed by atoms with Gasteiger partial charge in [0, 0.05) is 30.0 Å². The first-order valence-corrected chi connectivity index (χ1v) is 8.77. The summed E-state index contributed by atoms with van der Waals surface area (Å²) < 4.78 is 1.77. The maximum atomic E-state index is 13.0. The van der Waals surface area contributed by atoms with Crippen molar-refractivity contribution in [2.24, 2.45) is 0 Å². The summed E-state index contributed by atoms with van der Waals surface area (Å²) in [5.74, 6) is 0.0558. The van der Waals surface area contributed by atoms with E-state index in [1.54, 1.807) is 10.9 Å². The highest BCUT2D eigenvalue weighted by Gasteiger charge is 2.29. The van der Waals surface area contributed by atoms with Gasteiger partial charge in [0.15, 0.2) is 0 Å². The molecule has 1 saturated heterocycles. The number of benzene rings is 2. The highest BCUT2D eigenvalue weighted by atomic mass is 35.5. The summed E-state index contributed by atoms with van der Waals surface area (Å²) in [7, 11) is 0. The predicted molar refractivity (Wildman–Crippen MR) is 106 cm³/mol. The van der Waals surface area contributed by atoms with Gasteiger partial charge in [-0.25, -0.2) is 0 Å². The van der Waals surface area contributed by atoms with Crippen LogP contribution in [0.4, 0.5) is 0 Å². The third-order valence-electron chi connectivity index (χ3n) is 4.66. The highest BCUT2D eigenvalue weighted by molar-refractivity contribution is 6.31. The van der Waals surface area contributed by atoms with Gasteiger partial charge in [0.2, 0.25) is 5.91 Å². The van der Waals surface area contributed by atoms with Crippen molar-refractivity contribution in [3.8, 4) is 0 Å². The Bertz CT molecular complexity index is 911. The minimum Gasteiger partial charge on any atom is -0.331 e. The summed E-state index contributed by atoms with van der Waals surface area (Å²) in [5.41, 5.74) is 1.95. The van der Waals surface area contributed by atoms with Crippen LogP contribution in [0.1, 0.15) is 11.6 Å². The molecule has 0 radical (unpaired) electrons. The molecule has 0 bridgehead atoms. The zero-order valence-electron chi connectivity index (χ0n) is 14.1. The number of para-hydroxylation sites is 1. The molecule has 2 aromatic carbocycles. The van der Waals surface area contributed by atoms with Crippen LogP contribution in [0.2, 0.25) is 5.02 Å². The lowest BCUT2D eigenvalue weighted by Gasteiger charge is -2.37. The second kappa shape index (κ2) is 8.08. The maximum Gasteiger partial charge on any atom is 0.244 e. The second-order valence-electron chi connectivity index (χ2n) is 6.19. The topological polar surface area (TPSA) is 50.2 Å². The van der Waals surface area contributed by atoms with E-state index in [0.29, 0.717) is 18.1 Å². The van der Waals surface area contributed by atoms with E-state index in [-0.39, 0.29) is 30.9 Å². The van der Waals surface area contributed by atoms with E-state index in [1.807, 2.05) is 53.4 Å². The van der Waals surface area contributed by atoms with E-state index in [0.717, 1.165) is 23.0 Å². The summed E-state index contributed by atoms with van der Waals surface area (Å²) in [6.45, 7) is 2.38. The van der Waals surface area contributed by atoms with Crippen LogP contribution < -0.4 is 5.32 Å². The largest absolute Gasteiger partial charge is 0.331 e. The van der Waals surface area contributed by atoms with Crippen molar-refractivity contribution in [2.75, 3.05) is 19.6 Å². The standard InChI is InChI=1S/C19H19ClN4O.ClH/c20-16-7-3-2-6-15(16)18-12-21-9-10-23(18)19(25)13-24-17-8-4-1-5-14(17)11-22-24;/h1-8,11,18,21H,9-10,12-13H2;1H. The molecule has 4 rings (SSSR count). The first-order valence-electron chi connectivity index (χ1n) is 8.39. The number of hydrogen-bond donors (Lipinski definition) is 1. The summed E-state index contributed by atoms with van der Waals surface area (Å²) in [4.78, 5) is 14.9. The van der Waals surface area contributed by atoms with Crippen LogP contribution in [0.5, 0.6) is 0 Å². The lowest BCUT2D eigenvalue weighted by molar-refractivity contribution is -0.135. The molecule has 1 fully saturated rings. The summed E-state index contributed by atoms with van der Waals surface area (Å²) in [5, 5.41) is 9.47. The van der Waals surface area contributed by atoms with Gasteiger partial charge in [-0.05, 0) is 17.7 Å². The molecule has 7 heteroatoms. The van der Waals surface area contributed by atoms with Crippen LogP contribution in [-0.2, 0) is 11.3 Å². The Hall–Kier alpha value is -2.08. The van der Waals surface area contributed by atoms with Crippen LogP contribution in [0.25, 0.3) is 10.9 Å². The molecule has 2 heterocycles. The van der Waals surface area contributed by atoms with E-state index in [4.69, 9.17) is 11.6 Å². The van der Waals surface area contributed by atoms with E-state index in [9.17, 15) is 4.79 Å². The lowest BCUT2D eigenvalue weighted by Crippen LogP contribution is -2.49. The number of carbonyl (C=O) groups is 1. The molecule has 1 unspecified atom stereocenters. The molecule has 0 saturated carbocycles. The Labute approximate surface area is 163 Å². The van der Waals surface area contributed by atoms with Gasteiger partial charge in [0.05, 0.1) is 17.8 Å². The van der Waals surface area contributed by atoms with Crippen molar-refractivity contribution in [2.45, 2.75) is 12.6 Å². The zero-order chi connectivity index (χ0) is 17.2. The molecular weight excluding hydrogens is 371 g/mol. The van der Waals surface area contributed by atoms with Crippen LogP contribution in [0.3, 0.4) is 0 Å². The third-order valence-corrected chi connectivity index (χ3v) is 5.01. The van der Waals surface area contributed by atoms with Gasteiger partial charge in [-0.1, -0.05) is 48.0 Å². The highest BCUT2D eigenvalue weighted by Crippen LogP contribution is 2.28. The minimum absolute atomic E-state index is 0. The average molecular weight is 391 g/mol. The van der Waals surface area contributed by atoms with Gasteiger partial charge in [-0.3, -0.25) is 9.48 Å². The number of rotatable bonds is 3. The minimum atomic E-state index is -0.0585. The number of nitrogens with one attached hydrogen (secondary N) is 1. The number of halogens is 2.